The normalized spacial score (nSPS) is 43.0. The van der Waals surface area contributed by atoms with Crippen LogP contribution in [-0.4, -0.2) is 23.0 Å². The lowest BCUT2D eigenvalue weighted by Gasteiger charge is -2.30. The highest BCUT2D eigenvalue weighted by Gasteiger charge is 2.44. The van der Waals surface area contributed by atoms with Crippen molar-refractivity contribution in [3.05, 3.63) is 0 Å². The van der Waals surface area contributed by atoms with Gasteiger partial charge in [-0.1, -0.05) is 13.3 Å². The number of hydrogen-bond acceptors (Lipinski definition) is 2. The molecule has 3 aliphatic rings. The Morgan fingerprint density at radius 1 is 1.10 bits per heavy atom. The molecule has 0 spiro atoms. The van der Waals surface area contributed by atoms with Gasteiger partial charge in [0.1, 0.15) is 0 Å². The van der Waals surface area contributed by atoms with Crippen molar-refractivity contribution in [2.45, 2.75) is 58.4 Å². The minimum absolute atomic E-state index is 0.0259. The van der Waals surface area contributed by atoms with E-state index in [-0.39, 0.29) is 17.9 Å². The van der Waals surface area contributed by atoms with Gasteiger partial charge >= 0.3 is 5.97 Å². The number of carbonyl (C=O) groups excluding carboxylic acids is 1. The molecule has 3 rings (SSSR count). The molecule has 21 heavy (non-hydrogen) atoms. The lowest BCUT2D eigenvalue weighted by atomic mass is 9.83. The van der Waals surface area contributed by atoms with E-state index < -0.39 is 11.9 Å². The van der Waals surface area contributed by atoms with E-state index in [1.807, 2.05) is 6.92 Å². The van der Waals surface area contributed by atoms with Crippen molar-refractivity contribution in [2.24, 2.45) is 35.5 Å². The van der Waals surface area contributed by atoms with Crippen LogP contribution in [-0.2, 0) is 9.59 Å². The third-order valence-electron chi connectivity index (χ3n) is 6.26. The first kappa shape index (κ1) is 14.9. The second-order valence-electron chi connectivity index (χ2n) is 7.76. The molecule has 0 radical (unpaired) electrons. The summed E-state index contributed by atoms with van der Waals surface area (Å²) in [6.07, 6.45) is 6.61. The van der Waals surface area contributed by atoms with E-state index >= 15 is 0 Å². The number of carboxylic acids is 1. The minimum atomic E-state index is -0.813. The Labute approximate surface area is 126 Å². The number of carbonyl (C=O) groups is 2. The van der Waals surface area contributed by atoms with Crippen LogP contribution in [0.2, 0.25) is 0 Å². The van der Waals surface area contributed by atoms with Gasteiger partial charge in [0.05, 0.1) is 11.8 Å². The van der Waals surface area contributed by atoms with Crippen LogP contribution in [0.4, 0.5) is 0 Å². The van der Waals surface area contributed by atoms with Crippen LogP contribution in [0.3, 0.4) is 0 Å². The maximum Gasteiger partial charge on any atom is 0.307 e. The Bertz CT molecular complexity index is 436. The van der Waals surface area contributed by atoms with Crippen LogP contribution in [0.25, 0.3) is 0 Å². The maximum absolute atomic E-state index is 12.5. The van der Waals surface area contributed by atoms with Crippen molar-refractivity contribution in [1.29, 1.82) is 0 Å². The van der Waals surface area contributed by atoms with E-state index in [1.165, 1.54) is 25.7 Å². The summed E-state index contributed by atoms with van der Waals surface area (Å²) in [6.45, 7) is 4.15. The number of fused-ring (bicyclic) bond motifs is 2. The summed E-state index contributed by atoms with van der Waals surface area (Å²) >= 11 is 0. The number of amides is 1. The standard InChI is InChI=1S/C17H27NO3/c1-9-5-14(15(6-9)17(20)21)16(19)18-10(2)13-8-11-3-4-12(13)7-11/h9-15H,3-8H2,1-2H3,(H,18,19)(H,20,21). The summed E-state index contributed by atoms with van der Waals surface area (Å²) in [5.74, 6) is 0.926. The minimum Gasteiger partial charge on any atom is -0.481 e. The van der Waals surface area contributed by atoms with Gasteiger partial charge in [0, 0.05) is 6.04 Å². The highest BCUT2D eigenvalue weighted by Crippen LogP contribution is 2.49. The molecule has 118 valence electrons. The maximum atomic E-state index is 12.5. The first-order valence-corrected chi connectivity index (χ1v) is 8.49. The molecule has 0 aliphatic heterocycles. The Morgan fingerprint density at radius 2 is 1.81 bits per heavy atom. The topological polar surface area (TPSA) is 66.4 Å². The Balaban J connectivity index is 1.59. The quantitative estimate of drug-likeness (QED) is 0.837. The Kier molecular flexibility index (Phi) is 3.98. The fraction of sp³-hybridized carbons (Fsp3) is 0.882. The van der Waals surface area contributed by atoms with Crippen LogP contribution < -0.4 is 5.32 Å². The van der Waals surface area contributed by atoms with Gasteiger partial charge in [-0.2, -0.15) is 0 Å². The Morgan fingerprint density at radius 3 is 2.38 bits per heavy atom. The summed E-state index contributed by atoms with van der Waals surface area (Å²) in [5.41, 5.74) is 0. The number of carboxylic acid groups (broad SMARTS) is 1. The fourth-order valence-corrected chi connectivity index (χ4v) is 5.20. The molecule has 0 aromatic rings. The number of rotatable bonds is 4. The van der Waals surface area contributed by atoms with E-state index in [0.717, 1.165) is 11.8 Å². The van der Waals surface area contributed by atoms with Gasteiger partial charge in [0.25, 0.3) is 0 Å². The second-order valence-corrected chi connectivity index (χ2v) is 7.76. The molecule has 1 amide bonds. The lowest BCUT2D eigenvalue weighted by Crippen LogP contribution is -2.44. The van der Waals surface area contributed by atoms with E-state index in [0.29, 0.717) is 24.7 Å². The molecule has 0 aromatic heterocycles. The van der Waals surface area contributed by atoms with Gasteiger partial charge < -0.3 is 10.4 Å². The van der Waals surface area contributed by atoms with Crippen molar-refractivity contribution in [2.75, 3.05) is 0 Å². The zero-order chi connectivity index (χ0) is 15.1. The third kappa shape index (κ3) is 2.82. The van der Waals surface area contributed by atoms with Crippen LogP contribution in [0.15, 0.2) is 0 Å². The molecule has 0 saturated heterocycles. The van der Waals surface area contributed by atoms with Crippen LogP contribution in [0, 0.1) is 35.5 Å². The Hall–Kier alpha value is -1.06. The van der Waals surface area contributed by atoms with Crippen LogP contribution in [0.5, 0.6) is 0 Å². The number of hydrogen-bond donors (Lipinski definition) is 2. The molecule has 7 atom stereocenters. The summed E-state index contributed by atoms with van der Waals surface area (Å²) in [5, 5.41) is 12.5. The van der Waals surface area contributed by atoms with Gasteiger partial charge in [-0.3, -0.25) is 9.59 Å². The highest BCUT2D eigenvalue weighted by molar-refractivity contribution is 5.85. The molecule has 2 N–H and O–H groups in total. The molecule has 0 heterocycles. The number of aliphatic carboxylic acids is 1. The van der Waals surface area contributed by atoms with Gasteiger partial charge in [0.15, 0.2) is 0 Å². The van der Waals surface area contributed by atoms with Crippen LogP contribution >= 0.6 is 0 Å². The van der Waals surface area contributed by atoms with Crippen molar-refractivity contribution < 1.29 is 14.7 Å². The van der Waals surface area contributed by atoms with Gasteiger partial charge in [-0.25, -0.2) is 0 Å². The highest BCUT2D eigenvalue weighted by atomic mass is 16.4. The zero-order valence-electron chi connectivity index (χ0n) is 13.0. The summed E-state index contributed by atoms with van der Waals surface area (Å²) < 4.78 is 0. The molecule has 3 saturated carbocycles. The van der Waals surface area contributed by atoms with E-state index in [1.54, 1.807) is 0 Å². The van der Waals surface area contributed by atoms with Crippen LogP contribution in [0.1, 0.15) is 52.4 Å². The molecule has 4 heteroatoms. The first-order valence-electron chi connectivity index (χ1n) is 8.49. The molecule has 3 aliphatic carbocycles. The van der Waals surface area contributed by atoms with Crippen molar-refractivity contribution in [3.8, 4) is 0 Å². The molecule has 2 bridgehead atoms. The third-order valence-corrected chi connectivity index (χ3v) is 6.26. The first-order chi connectivity index (χ1) is 9.95. The molecule has 4 nitrogen and oxygen atoms in total. The van der Waals surface area contributed by atoms with Gasteiger partial charge in [-0.05, 0) is 62.7 Å². The van der Waals surface area contributed by atoms with E-state index in [4.69, 9.17) is 0 Å². The van der Waals surface area contributed by atoms with Crippen molar-refractivity contribution in [3.63, 3.8) is 0 Å². The smallest absolute Gasteiger partial charge is 0.307 e. The van der Waals surface area contributed by atoms with Gasteiger partial charge in [-0.15, -0.1) is 0 Å². The summed E-state index contributed by atoms with van der Waals surface area (Å²) in [6, 6.07) is 0.193. The molecule has 7 unspecified atom stereocenters. The lowest BCUT2D eigenvalue weighted by molar-refractivity contribution is -0.146. The fourth-order valence-electron chi connectivity index (χ4n) is 5.20. The van der Waals surface area contributed by atoms with Crippen molar-refractivity contribution in [1.82, 2.24) is 5.32 Å². The second kappa shape index (κ2) is 5.62. The average Bonchev–Trinajstić information content (AvgIpc) is 3.12. The summed E-state index contributed by atoms with van der Waals surface area (Å²) in [4.78, 5) is 23.8. The SMILES string of the molecule is CC1CC(C(=O)O)C(C(=O)NC(C)C2CC3CCC2C3)C1. The average molecular weight is 293 g/mol. The monoisotopic (exact) mass is 293 g/mol. The van der Waals surface area contributed by atoms with Crippen molar-refractivity contribution >= 4 is 11.9 Å². The predicted octanol–water partition coefficient (Wildman–Crippen LogP) is 2.67. The van der Waals surface area contributed by atoms with E-state index in [2.05, 4.69) is 12.2 Å². The molecular weight excluding hydrogens is 266 g/mol. The molecule has 0 aromatic carbocycles. The largest absolute Gasteiger partial charge is 0.481 e. The van der Waals surface area contributed by atoms with Gasteiger partial charge in [0.2, 0.25) is 5.91 Å². The van der Waals surface area contributed by atoms with E-state index in [9.17, 15) is 14.7 Å². The summed E-state index contributed by atoms with van der Waals surface area (Å²) in [7, 11) is 0. The molecule has 3 fully saturated rings. The zero-order valence-corrected chi connectivity index (χ0v) is 13.0. The molecular formula is C17H27NO3. The number of nitrogens with one attached hydrogen (secondary N) is 1. The predicted molar refractivity (Wildman–Crippen MR) is 79.6 cm³/mol.